The van der Waals surface area contributed by atoms with Crippen molar-refractivity contribution in [1.29, 1.82) is 0 Å². The summed E-state index contributed by atoms with van der Waals surface area (Å²) in [6, 6.07) is 7.50. The first-order valence-electron chi connectivity index (χ1n) is 10.4. The van der Waals surface area contributed by atoms with Crippen LogP contribution in [0.25, 0.3) is 0 Å². The van der Waals surface area contributed by atoms with Crippen LogP contribution < -0.4 is 0 Å². The molecule has 1 saturated heterocycles. The standard InChI is InChI=1S/C11H23N3O.C9H12O2.C2H6/c1-4-12(2)9-13(3)11-5-7-14(10-15)8-6-11;1-7(10)6-8-2-4-9(11)5-3-8;1-2/h10-11H,4-9H2,1-3H3;2-5,7,10-11H,6H2,1H3;1-2H3/t;7-;/m.0./s1. The molecule has 0 unspecified atom stereocenters. The number of hydrogen-bond acceptors (Lipinski definition) is 5. The second-order valence-corrected chi connectivity index (χ2v) is 7.16. The molecule has 2 rings (SSSR count). The van der Waals surface area contributed by atoms with E-state index < -0.39 is 0 Å². The van der Waals surface area contributed by atoms with Gasteiger partial charge in [0.15, 0.2) is 0 Å². The van der Waals surface area contributed by atoms with Gasteiger partial charge in [0, 0.05) is 19.1 Å². The fraction of sp³-hybridized carbons (Fsp3) is 0.682. The molecule has 6 heteroatoms. The molecular formula is C22H41N3O3. The number of carbonyl (C=O) groups is 1. The molecular weight excluding hydrogens is 354 g/mol. The molecule has 1 aliphatic heterocycles. The lowest BCUT2D eigenvalue weighted by Gasteiger charge is -2.36. The third-order valence-electron chi connectivity index (χ3n) is 4.74. The molecule has 1 heterocycles. The van der Waals surface area contributed by atoms with Gasteiger partial charge in [-0.2, -0.15) is 0 Å². The second-order valence-electron chi connectivity index (χ2n) is 7.16. The summed E-state index contributed by atoms with van der Waals surface area (Å²) in [6.45, 7) is 11.8. The maximum atomic E-state index is 10.6. The molecule has 1 aromatic rings. The Labute approximate surface area is 171 Å². The van der Waals surface area contributed by atoms with Gasteiger partial charge in [0.2, 0.25) is 6.41 Å². The third-order valence-corrected chi connectivity index (χ3v) is 4.74. The van der Waals surface area contributed by atoms with Crippen molar-refractivity contribution in [2.24, 2.45) is 0 Å². The van der Waals surface area contributed by atoms with E-state index >= 15 is 0 Å². The topological polar surface area (TPSA) is 67.2 Å². The fourth-order valence-electron chi connectivity index (χ4n) is 3.00. The van der Waals surface area contributed by atoms with E-state index in [4.69, 9.17) is 10.2 Å². The van der Waals surface area contributed by atoms with Crippen molar-refractivity contribution in [3.63, 3.8) is 0 Å². The number of aliphatic hydroxyl groups excluding tert-OH is 1. The molecule has 6 nitrogen and oxygen atoms in total. The molecule has 1 amide bonds. The first-order chi connectivity index (χ1) is 13.3. The number of amides is 1. The Morgan fingerprint density at radius 2 is 1.71 bits per heavy atom. The molecule has 0 spiro atoms. The van der Waals surface area contributed by atoms with E-state index in [2.05, 4.69) is 30.8 Å². The van der Waals surface area contributed by atoms with Crippen LogP contribution in [0.4, 0.5) is 0 Å². The summed E-state index contributed by atoms with van der Waals surface area (Å²) in [7, 11) is 4.31. The lowest BCUT2D eigenvalue weighted by Crippen LogP contribution is -2.46. The van der Waals surface area contributed by atoms with E-state index in [1.165, 1.54) is 0 Å². The zero-order valence-electron chi connectivity index (χ0n) is 18.6. The molecule has 0 radical (unpaired) electrons. The normalized spacial score (nSPS) is 15.4. The first kappa shape index (κ1) is 26.4. The quantitative estimate of drug-likeness (QED) is 0.549. The van der Waals surface area contributed by atoms with Crippen LogP contribution in [0.3, 0.4) is 0 Å². The zero-order valence-corrected chi connectivity index (χ0v) is 18.6. The van der Waals surface area contributed by atoms with Gasteiger partial charge in [0.25, 0.3) is 0 Å². The van der Waals surface area contributed by atoms with Gasteiger partial charge >= 0.3 is 0 Å². The van der Waals surface area contributed by atoms with E-state index in [9.17, 15) is 4.79 Å². The number of piperidine rings is 1. The highest BCUT2D eigenvalue weighted by Gasteiger charge is 2.21. The number of hydrogen-bond donors (Lipinski definition) is 2. The van der Waals surface area contributed by atoms with Gasteiger partial charge in [0.05, 0.1) is 12.8 Å². The zero-order chi connectivity index (χ0) is 21.5. The molecule has 1 fully saturated rings. The van der Waals surface area contributed by atoms with Gasteiger partial charge in [-0.1, -0.05) is 32.9 Å². The minimum atomic E-state index is -0.320. The summed E-state index contributed by atoms with van der Waals surface area (Å²) in [5.74, 6) is 0.263. The number of phenols is 1. The molecule has 0 aliphatic carbocycles. The van der Waals surface area contributed by atoms with Gasteiger partial charge in [-0.25, -0.2) is 0 Å². The summed E-state index contributed by atoms with van der Waals surface area (Å²) < 4.78 is 0. The van der Waals surface area contributed by atoms with Gasteiger partial charge in [-0.15, -0.1) is 0 Å². The highest BCUT2D eigenvalue weighted by atomic mass is 16.3. The summed E-state index contributed by atoms with van der Waals surface area (Å²) in [5, 5.41) is 17.9. The largest absolute Gasteiger partial charge is 0.508 e. The molecule has 1 aliphatic rings. The highest BCUT2D eigenvalue weighted by Crippen LogP contribution is 2.14. The average Bonchev–Trinajstić information content (AvgIpc) is 2.71. The number of phenolic OH excluding ortho intramolecular Hbond substituents is 1. The van der Waals surface area contributed by atoms with E-state index in [0.717, 1.165) is 51.1 Å². The van der Waals surface area contributed by atoms with Crippen molar-refractivity contribution in [2.45, 2.75) is 59.1 Å². The van der Waals surface area contributed by atoms with Gasteiger partial charge in [-0.3, -0.25) is 14.6 Å². The van der Waals surface area contributed by atoms with E-state index in [-0.39, 0.29) is 11.9 Å². The van der Waals surface area contributed by atoms with E-state index in [0.29, 0.717) is 12.5 Å². The van der Waals surface area contributed by atoms with Crippen molar-refractivity contribution in [1.82, 2.24) is 14.7 Å². The van der Waals surface area contributed by atoms with Crippen LogP contribution in [0, 0.1) is 0 Å². The Kier molecular flexibility index (Phi) is 14.4. The number of aliphatic hydroxyl groups is 1. The Bertz CT molecular complexity index is 500. The van der Waals surface area contributed by atoms with Crippen LogP contribution in [0.5, 0.6) is 5.75 Å². The monoisotopic (exact) mass is 395 g/mol. The predicted molar refractivity (Wildman–Crippen MR) is 116 cm³/mol. The molecule has 1 atom stereocenters. The Morgan fingerprint density at radius 1 is 1.18 bits per heavy atom. The van der Waals surface area contributed by atoms with Gasteiger partial charge in [0.1, 0.15) is 5.75 Å². The smallest absolute Gasteiger partial charge is 0.209 e. The van der Waals surface area contributed by atoms with Crippen LogP contribution >= 0.6 is 0 Å². The number of nitrogens with zero attached hydrogens (tertiary/aromatic N) is 3. The van der Waals surface area contributed by atoms with Crippen molar-refractivity contribution in [2.75, 3.05) is 40.4 Å². The second kappa shape index (κ2) is 15.3. The molecule has 0 bridgehead atoms. The van der Waals surface area contributed by atoms with Gasteiger partial charge < -0.3 is 15.1 Å². The predicted octanol–water partition coefficient (Wildman–Crippen LogP) is 2.79. The van der Waals surface area contributed by atoms with E-state index in [1.807, 2.05) is 30.9 Å². The van der Waals surface area contributed by atoms with Crippen molar-refractivity contribution in [3.8, 4) is 5.75 Å². The minimum absolute atomic E-state index is 0.263. The average molecular weight is 396 g/mol. The maximum Gasteiger partial charge on any atom is 0.209 e. The molecule has 0 saturated carbocycles. The van der Waals surface area contributed by atoms with Crippen LogP contribution in [0.15, 0.2) is 24.3 Å². The highest BCUT2D eigenvalue weighted by molar-refractivity contribution is 5.47. The van der Waals surface area contributed by atoms with Crippen molar-refractivity contribution in [3.05, 3.63) is 29.8 Å². The fourth-order valence-corrected chi connectivity index (χ4v) is 3.00. The Hall–Kier alpha value is -1.63. The number of likely N-dealkylation sites (tertiary alicyclic amines) is 1. The summed E-state index contributed by atoms with van der Waals surface area (Å²) >= 11 is 0. The van der Waals surface area contributed by atoms with Crippen molar-refractivity contribution < 1.29 is 15.0 Å². The van der Waals surface area contributed by atoms with Crippen LogP contribution in [0.1, 0.15) is 46.1 Å². The Morgan fingerprint density at radius 3 is 2.14 bits per heavy atom. The van der Waals surface area contributed by atoms with E-state index in [1.54, 1.807) is 19.1 Å². The summed E-state index contributed by atoms with van der Waals surface area (Å²) in [5.41, 5.74) is 1.04. The molecule has 162 valence electrons. The lowest BCUT2D eigenvalue weighted by atomic mass is 10.0. The minimum Gasteiger partial charge on any atom is -0.508 e. The number of carbonyl (C=O) groups excluding carboxylic acids is 1. The number of rotatable bonds is 7. The first-order valence-corrected chi connectivity index (χ1v) is 10.4. The molecule has 2 N–H and O–H groups in total. The van der Waals surface area contributed by atoms with Crippen LogP contribution in [-0.4, -0.2) is 83.9 Å². The summed E-state index contributed by atoms with van der Waals surface area (Å²) in [4.78, 5) is 17.1. The van der Waals surface area contributed by atoms with Crippen LogP contribution in [-0.2, 0) is 11.2 Å². The van der Waals surface area contributed by atoms with Crippen molar-refractivity contribution >= 4 is 6.41 Å². The molecule has 0 aromatic heterocycles. The molecule has 28 heavy (non-hydrogen) atoms. The lowest BCUT2D eigenvalue weighted by molar-refractivity contribution is -0.119. The Balaban J connectivity index is 0.000000497. The number of benzene rings is 1. The number of aromatic hydroxyl groups is 1. The van der Waals surface area contributed by atoms with Gasteiger partial charge in [-0.05, 0) is 64.5 Å². The SMILES string of the molecule is CC.CCN(C)CN(C)C1CCN(C=O)CC1.C[C@H](O)Cc1ccc(O)cc1. The maximum absolute atomic E-state index is 10.6. The summed E-state index contributed by atoms with van der Waals surface area (Å²) in [6.07, 6.45) is 3.49. The molecule has 1 aromatic carbocycles. The third kappa shape index (κ3) is 11.3. The van der Waals surface area contributed by atoms with Crippen LogP contribution in [0.2, 0.25) is 0 Å².